The minimum absolute atomic E-state index is 0.0731. The molecule has 36 heavy (non-hydrogen) atoms. The van der Waals surface area contributed by atoms with Crippen molar-refractivity contribution < 1.29 is 19.4 Å². The molecule has 0 spiro atoms. The van der Waals surface area contributed by atoms with Crippen LogP contribution in [0.4, 0.5) is 0 Å². The summed E-state index contributed by atoms with van der Waals surface area (Å²) in [5.74, 6) is -1.11. The number of carboxylic acid groups (broad SMARTS) is 1. The maximum Gasteiger partial charge on any atom is 0.307 e. The predicted molar refractivity (Wildman–Crippen MR) is 153 cm³/mol. The molecule has 0 aromatic rings. The number of carbonyl (C=O) groups excluding carboxylic acids is 1. The zero-order chi connectivity index (χ0) is 26.5. The Hall–Kier alpha value is -1.32. The third-order valence-corrected chi connectivity index (χ3v) is 6.97. The van der Waals surface area contributed by atoms with Gasteiger partial charge in [0, 0.05) is 6.42 Å². The van der Waals surface area contributed by atoms with E-state index in [1.807, 2.05) is 0 Å². The highest BCUT2D eigenvalue weighted by Gasteiger charge is 2.17. The summed E-state index contributed by atoms with van der Waals surface area (Å²) in [4.78, 5) is 23.4. The van der Waals surface area contributed by atoms with Crippen LogP contribution >= 0.6 is 0 Å². The van der Waals surface area contributed by atoms with Gasteiger partial charge in [-0.15, -0.1) is 0 Å². The Morgan fingerprint density at radius 2 is 1.03 bits per heavy atom. The number of esters is 1. The lowest BCUT2D eigenvalue weighted by atomic mass is 10.0. The molecule has 4 heteroatoms. The summed E-state index contributed by atoms with van der Waals surface area (Å²) in [6, 6.07) is 0. The first-order valence-corrected chi connectivity index (χ1v) is 15.7. The van der Waals surface area contributed by atoms with E-state index in [1.54, 1.807) is 0 Å². The fourth-order valence-corrected chi connectivity index (χ4v) is 4.66. The van der Waals surface area contributed by atoms with Crippen LogP contribution in [-0.4, -0.2) is 23.1 Å². The maximum absolute atomic E-state index is 12.2. The summed E-state index contributed by atoms with van der Waals surface area (Å²) < 4.78 is 5.53. The minimum Gasteiger partial charge on any atom is -0.481 e. The second-order valence-corrected chi connectivity index (χ2v) is 10.7. The van der Waals surface area contributed by atoms with Crippen LogP contribution in [-0.2, 0) is 14.3 Å². The number of aliphatic carboxylic acids is 1. The number of unbranched alkanes of at least 4 members (excludes halogenated alkanes) is 19. The van der Waals surface area contributed by atoms with Gasteiger partial charge in [0.2, 0.25) is 0 Å². The zero-order valence-corrected chi connectivity index (χ0v) is 24.1. The van der Waals surface area contributed by atoms with Crippen molar-refractivity contribution in [2.75, 3.05) is 0 Å². The molecule has 0 aliphatic heterocycles. The average Bonchev–Trinajstić information content (AvgIpc) is 2.85. The lowest BCUT2D eigenvalue weighted by Crippen LogP contribution is -2.21. The molecule has 4 nitrogen and oxygen atoms in total. The first kappa shape index (κ1) is 34.7. The molecule has 0 aromatic carbocycles. The summed E-state index contributed by atoms with van der Waals surface area (Å²) in [6.07, 6.45) is 32.2. The Kier molecular flexibility index (Phi) is 27.2. The number of ether oxygens (including phenoxy) is 1. The lowest BCUT2D eigenvalue weighted by Gasteiger charge is -2.16. The van der Waals surface area contributed by atoms with Crippen molar-refractivity contribution in [1.82, 2.24) is 0 Å². The molecule has 1 N–H and O–H groups in total. The summed E-state index contributed by atoms with van der Waals surface area (Å²) in [7, 11) is 0. The SMILES string of the molecule is CCCCCC/C=C\CCCCCCCCC(=O)OC(CCCCCCCCCCCC)CC(=O)O. The molecular formula is C32H60O4. The van der Waals surface area contributed by atoms with Crippen molar-refractivity contribution in [2.24, 2.45) is 0 Å². The van der Waals surface area contributed by atoms with Crippen LogP contribution in [0.2, 0.25) is 0 Å². The molecule has 0 radical (unpaired) electrons. The summed E-state index contributed by atoms with van der Waals surface area (Å²) in [5.41, 5.74) is 0. The zero-order valence-electron chi connectivity index (χ0n) is 24.1. The quantitative estimate of drug-likeness (QED) is 0.0648. The summed E-state index contributed by atoms with van der Waals surface area (Å²) in [6.45, 7) is 4.49. The fourth-order valence-electron chi connectivity index (χ4n) is 4.66. The van der Waals surface area contributed by atoms with Crippen molar-refractivity contribution in [1.29, 1.82) is 0 Å². The van der Waals surface area contributed by atoms with Crippen LogP contribution in [0.5, 0.6) is 0 Å². The second-order valence-electron chi connectivity index (χ2n) is 10.7. The molecule has 0 aliphatic rings. The van der Waals surface area contributed by atoms with E-state index in [-0.39, 0.29) is 12.4 Å². The lowest BCUT2D eigenvalue weighted by molar-refractivity contribution is -0.153. The van der Waals surface area contributed by atoms with Crippen LogP contribution in [0.3, 0.4) is 0 Å². The Morgan fingerprint density at radius 1 is 0.611 bits per heavy atom. The van der Waals surface area contributed by atoms with Crippen LogP contribution in [0.1, 0.15) is 174 Å². The van der Waals surface area contributed by atoms with Crippen molar-refractivity contribution >= 4 is 11.9 Å². The number of hydrogen-bond donors (Lipinski definition) is 1. The molecule has 0 bridgehead atoms. The fraction of sp³-hybridized carbons (Fsp3) is 0.875. The third-order valence-electron chi connectivity index (χ3n) is 6.97. The topological polar surface area (TPSA) is 63.6 Å². The number of allylic oxidation sites excluding steroid dienone is 2. The smallest absolute Gasteiger partial charge is 0.307 e. The van der Waals surface area contributed by atoms with Gasteiger partial charge in [0.1, 0.15) is 6.10 Å². The molecule has 1 atom stereocenters. The number of carbonyl (C=O) groups is 2. The Morgan fingerprint density at radius 3 is 1.53 bits per heavy atom. The van der Waals surface area contributed by atoms with E-state index in [4.69, 9.17) is 4.74 Å². The van der Waals surface area contributed by atoms with E-state index >= 15 is 0 Å². The molecule has 0 saturated carbocycles. The van der Waals surface area contributed by atoms with Gasteiger partial charge in [0.15, 0.2) is 0 Å². The van der Waals surface area contributed by atoms with E-state index in [0.717, 1.165) is 32.1 Å². The van der Waals surface area contributed by atoms with Crippen LogP contribution in [0.15, 0.2) is 12.2 Å². The average molecular weight is 509 g/mol. The van der Waals surface area contributed by atoms with Gasteiger partial charge in [-0.25, -0.2) is 0 Å². The molecule has 0 rings (SSSR count). The standard InChI is InChI=1S/C32H60O4/c1-3-5-7-9-11-13-15-16-17-18-20-22-24-26-28-32(35)36-30(29-31(33)34)27-25-23-21-19-14-12-10-8-6-4-2/h13,15,30H,3-12,14,16-29H2,1-2H3,(H,33,34)/b15-13-. The third kappa shape index (κ3) is 27.3. The van der Waals surface area contributed by atoms with Gasteiger partial charge in [0.05, 0.1) is 6.42 Å². The normalized spacial score (nSPS) is 12.3. The van der Waals surface area contributed by atoms with Gasteiger partial charge in [-0.2, -0.15) is 0 Å². The Bertz CT molecular complexity index is 514. The van der Waals surface area contributed by atoms with Crippen LogP contribution in [0, 0.1) is 0 Å². The van der Waals surface area contributed by atoms with E-state index in [2.05, 4.69) is 26.0 Å². The highest BCUT2D eigenvalue weighted by molar-refractivity contribution is 5.71. The van der Waals surface area contributed by atoms with Gasteiger partial charge < -0.3 is 9.84 Å². The molecule has 0 amide bonds. The molecule has 0 fully saturated rings. The van der Waals surface area contributed by atoms with E-state index < -0.39 is 12.1 Å². The highest BCUT2D eigenvalue weighted by atomic mass is 16.5. The monoisotopic (exact) mass is 508 g/mol. The molecular weight excluding hydrogens is 448 g/mol. The molecule has 0 aromatic heterocycles. The van der Waals surface area contributed by atoms with Gasteiger partial charge in [0.25, 0.3) is 0 Å². The highest BCUT2D eigenvalue weighted by Crippen LogP contribution is 2.16. The summed E-state index contributed by atoms with van der Waals surface area (Å²) in [5, 5.41) is 9.17. The van der Waals surface area contributed by atoms with Crippen molar-refractivity contribution in [3.05, 3.63) is 12.2 Å². The molecule has 1 unspecified atom stereocenters. The van der Waals surface area contributed by atoms with Crippen molar-refractivity contribution in [2.45, 2.75) is 180 Å². The van der Waals surface area contributed by atoms with Gasteiger partial charge in [-0.3, -0.25) is 9.59 Å². The molecule has 0 saturated heterocycles. The minimum atomic E-state index is -0.883. The van der Waals surface area contributed by atoms with Crippen molar-refractivity contribution in [3.8, 4) is 0 Å². The second kappa shape index (κ2) is 28.3. The predicted octanol–water partition coefficient (Wildman–Crippen LogP) is 10.3. The largest absolute Gasteiger partial charge is 0.481 e. The number of carboxylic acids is 1. The number of rotatable bonds is 28. The number of hydrogen-bond acceptors (Lipinski definition) is 3. The van der Waals surface area contributed by atoms with E-state index in [1.165, 1.54) is 109 Å². The molecule has 0 heterocycles. The first-order valence-electron chi connectivity index (χ1n) is 15.7. The van der Waals surface area contributed by atoms with Gasteiger partial charge in [-0.05, 0) is 44.9 Å². The van der Waals surface area contributed by atoms with Crippen LogP contribution in [0.25, 0.3) is 0 Å². The van der Waals surface area contributed by atoms with Gasteiger partial charge >= 0.3 is 11.9 Å². The summed E-state index contributed by atoms with van der Waals surface area (Å²) >= 11 is 0. The maximum atomic E-state index is 12.2. The molecule has 0 aliphatic carbocycles. The van der Waals surface area contributed by atoms with E-state index in [9.17, 15) is 14.7 Å². The molecule has 212 valence electrons. The van der Waals surface area contributed by atoms with Gasteiger partial charge in [-0.1, -0.05) is 129 Å². The first-order chi connectivity index (χ1) is 17.6. The van der Waals surface area contributed by atoms with Crippen LogP contribution < -0.4 is 0 Å². The van der Waals surface area contributed by atoms with Crippen molar-refractivity contribution in [3.63, 3.8) is 0 Å². The Balaban J connectivity index is 3.70. The Labute approximate surface area is 224 Å². The van der Waals surface area contributed by atoms with E-state index in [0.29, 0.717) is 12.8 Å².